The first-order valence-electron chi connectivity index (χ1n) is 3.92. The summed E-state index contributed by atoms with van der Waals surface area (Å²) >= 11 is 5.82. The van der Waals surface area contributed by atoms with Crippen LogP contribution in [0.2, 0.25) is 5.02 Å². The summed E-state index contributed by atoms with van der Waals surface area (Å²) in [5, 5.41) is 2.88. The third-order valence-corrected chi connectivity index (χ3v) is 1.99. The highest BCUT2D eigenvalue weighted by Gasteiger charge is 2.08. The molecule has 0 saturated heterocycles. The van der Waals surface area contributed by atoms with Crippen LogP contribution in [-0.2, 0) is 16.1 Å². The second-order valence-electron chi connectivity index (χ2n) is 2.64. The Morgan fingerprint density at radius 1 is 1.36 bits per heavy atom. The second-order valence-corrected chi connectivity index (χ2v) is 3.05. The minimum absolute atomic E-state index is 0.196. The highest BCUT2D eigenvalue weighted by Crippen LogP contribution is 2.13. The van der Waals surface area contributed by atoms with Gasteiger partial charge in [0.2, 0.25) is 0 Å². The van der Waals surface area contributed by atoms with E-state index in [1.807, 2.05) is 0 Å². The molecule has 1 rings (SSSR count). The van der Waals surface area contributed by atoms with E-state index in [0.717, 1.165) is 5.56 Å². The van der Waals surface area contributed by atoms with Gasteiger partial charge in [-0.05, 0) is 11.6 Å². The maximum Gasteiger partial charge on any atom is 0.309 e. The molecule has 0 unspecified atom stereocenters. The molecule has 74 valence electrons. The average Bonchev–Trinajstić information content (AvgIpc) is 2.16. The zero-order valence-electron chi connectivity index (χ0n) is 7.29. The lowest BCUT2D eigenvalue weighted by atomic mass is 10.2. The van der Waals surface area contributed by atoms with E-state index < -0.39 is 11.8 Å². The number of nitrogens with one attached hydrogen (secondary N) is 1. The predicted octanol–water partition coefficient (Wildman–Crippen LogP) is 0.442. The minimum Gasteiger partial charge on any atom is -0.361 e. The Hall–Kier alpha value is -1.55. The lowest BCUT2D eigenvalue weighted by molar-refractivity contribution is -0.137. The summed E-state index contributed by atoms with van der Waals surface area (Å²) in [5.74, 6) is -1.82. The third-order valence-electron chi connectivity index (χ3n) is 1.62. The molecule has 0 aliphatic carbocycles. The van der Waals surface area contributed by atoms with Crippen LogP contribution >= 0.6 is 11.6 Å². The topological polar surface area (TPSA) is 72.2 Å². The molecule has 4 nitrogen and oxygen atoms in total. The van der Waals surface area contributed by atoms with Crippen molar-refractivity contribution in [2.45, 2.75) is 6.54 Å². The second kappa shape index (κ2) is 4.62. The highest BCUT2D eigenvalue weighted by atomic mass is 35.5. The number of hydrogen-bond acceptors (Lipinski definition) is 2. The van der Waals surface area contributed by atoms with Crippen LogP contribution in [0.3, 0.4) is 0 Å². The van der Waals surface area contributed by atoms with Crippen LogP contribution in [0.1, 0.15) is 5.56 Å². The molecule has 1 aromatic carbocycles. The largest absolute Gasteiger partial charge is 0.361 e. The van der Waals surface area contributed by atoms with Crippen LogP contribution in [0.25, 0.3) is 0 Å². The van der Waals surface area contributed by atoms with Gasteiger partial charge in [0, 0.05) is 11.6 Å². The molecule has 0 aliphatic rings. The van der Waals surface area contributed by atoms with E-state index in [-0.39, 0.29) is 6.54 Å². The van der Waals surface area contributed by atoms with Crippen molar-refractivity contribution in [1.82, 2.24) is 5.32 Å². The van der Waals surface area contributed by atoms with E-state index in [1.54, 1.807) is 24.3 Å². The molecule has 0 bridgehead atoms. The molecule has 2 amide bonds. The summed E-state index contributed by atoms with van der Waals surface area (Å²) in [6.07, 6.45) is 0. The van der Waals surface area contributed by atoms with E-state index in [9.17, 15) is 9.59 Å². The standard InChI is InChI=1S/C9H9ClN2O2/c10-7-4-2-1-3-6(7)5-12-9(14)8(11)13/h1-4H,5H2,(H2,11,13)(H,12,14). The fraction of sp³-hybridized carbons (Fsp3) is 0.111. The fourth-order valence-electron chi connectivity index (χ4n) is 0.904. The van der Waals surface area contributed by atoms with E-state index >= 15 is 0 Å². The Balaban J connectivity index is 2.58. The molecule has 14 heavy (non-hydrogen) atoms. The first-order valence-corrected chi connectivity index (χ1v) is 4.30. The van der Waals surface area contributed by atoms with Crippen LogP contribution in [0.5, 0.6) is 0 Å². The molecule has 0 saturated carbocycles. The van der Waals surface area contributed by atoms with Crippen molar-refractivity contribution in [2.75, 3.05) is 0 Å². The van der Waals surface area contributed by atoms with Gasteiger partial charge in [0.25, 0.3) is 0 Å². The molecular formula is C9H9ClN2O2. The van der Waals surface area contributed by atoms with Crippen LogP contribution in [-0.4, -0.2) is 11.8 Å². The Bertz CT molecular complexity index is 366. The number of amides is 2. The molecule has 0 heterocycles. The fourth-order valence-corrected chi connectivity index (χ4v) is 1.11. The number of benzene rings is 1. The van der Waals surface area contributed by atoms with Gasteiger partial charge in [-0.15, -0.1) is 0 Å². The van der Waals surface area contributed by atoms with Gasteiger partial charge < -0.3 is 11.1 Å². The number of hydrogen-bond donors (Lipinski definition) is 2. The van der Waals surface area contributed by atoms with Gasteiger partial charge in [-0.3, -0.25) is 9.59 Å². The molecular weight excluding hydrogens is 204 g/mol. The predicted molar refractivity (Wildman–Crippen MR) is 52.5 cm³/mol. The van der Waals surface area contributed by atoms with Crippen molar-refractivity contribution >= 4 is 23.4 Å². The molecule has 0 aliphatic heterocycles. The van der Waals surface area contributed by atoms with Crippen LogP contribution < -0.4 is 11.1 Å². The molecule has 0 fully saturated rings. The first kappa shape index (κ1) is 10.5. The lowest BCUT2D eigenvalue weighted by Gasteiger charge is -2.04. The van der Waals surface area contributed by atoms with Crippen molar-refractivity contribution in [3.05, 3.63) is 34.9 Å². The Morgan fingerprint density at radius 2 is 2.00 bits per heavy atom. The molecule has 0 aromatic heterocycles. The molecule has 5 heteroatoms. The SMILES string of the molecule is NC(=O)C(=O)NCc1ccccc1Cl. The van der Waals surface area contributed by atoms with Crippen molar-refractivity contribution in [1.29, 1.82) is 0 Å². The number of carbonyl (C=O) groups is 2. The average molecular weight is 213 g/mol. The molecule has 3 N–H and O–H groups in total. The minimum atomic E-state index is -1.00. The summed E-state index contributed by atoms with van der Waals surface area (Å²) in [6, 6.07) is 7.02. The molecule has 0 radical (unpaired) electrons. The zero-order chi connectivity index (χ0) is 10.6. The number of halogens is 1. The highest BCUT2D eigenvalue weighted by molar-refractivity contribution is 6.34. The quantitative estimate of drug-likeness (QED) is 0.699. The van der Waals surface area contributed by atoms with Gasteiger partial charge in [-0.2, -0.15) is 0 Å². The zero-order valence-corrected chi connectivity index (χ0v) is 8.04. The van der Waals surface area contributed by atoms with Crippen molar-refractivity contribution in [3.8, 4) is 0 Å². The lowest BCUT2D eigenvalue weighted by Crippen LogP contribution is -2.35. The maximum absolute atomic E-state index is 10.8. The van der Waals surface area contributed by atoms with Gasteiger partial charge in [-0.1, -0.05) is 29.8 Å². The Kier molecular flexibility index (Phi) is 3.48. The summed E-state index contributed by atoms with van der Waals surface area (Å²) in [7, 11) is 0. The van der Waals surface area contributed by atoms with E-state index in [0.29, 0.717) is 5.02 Å². The normalized spacial score (nSPS) is 9.50. The maximum atomic E-state index is 10.8. The molecule has 0 atom stereocenters. The van der Waals surface area contributed by atoms with Gasteiger partial charge in [0.15, 0.2) is 0 Å². The monoisotopic (exact) mass is 212 g/mol. The van der Waals surface area contributed by atoms with Crippen LogP contribution in [0.4, 0.5) is 0 Å². The van der Waals surface area contributed by atoms with E-state index in [1.165, 1.54) is 0 Å². The van der Waals surface area contributed by atoms with Gasteiger partial charge in [0.05, 0.1) is 0 Å². The van der Waals surface area contributed by atoms with Crippen LogP contribution in [0.15, 0.2) is 24.3 Å². The summed E-state index contributed by atoms with van der Waals surface area (Å²) in [4.78, 5) is 21.2. The number of carbonyl (C=O) groups excluding carboxylic acids is 2. The third kappa shape index (κ3) is 2.74. The number of nitrogens with two attached hydrogens (primary N) is 1. The molecule has 0 spiro atoms. The van der Waals surface area contributed by atoms with Crippen molar-refractivity contribution < 1.29 is 9.59 Å². The van der Waals surface area contributed by atoms with Crippen LogP contribution in [0, 0.1) is 0 Å². The Labute approximate surface area is 86.0 Å². The summed E-state index contributed by atoms with van der Waals surface area (Å²) < 4.78 is 0. The van der Waals surface area contributed by atoms with Gasteiger partial charge in [-0.25, -0.2) is 0 Å². The van der Waals surface area contributed by atoms with Crippen molar-refractivity contribution in [3.63, 3.8) is 0 Å². The summed E-state index contributed by atoms with van der Waals surface area (Å²) in [5.41, 5.74) is 5.49. The Morgan fingerprint density at radius 3 is 2.57 bits per heavy atom. The van der Waals surface area contributed by atoms with Gasteiger partial charge in [0.1, 0.15) is 0 Å². The molecule has 1 aromatic rings. The van der Waals surface area contributed by atoms with Gasteiger partial charge >= 0.3 is 11.8 Å². The van der Waals surface area contributed by atoms with Crippen molar-refractivity contribution in [2.24, 2.45) is 5.73 Å². The first-order chi connectivity index (χ1) is 6.61. The summed E-state index contributed by atoms with van der Waals surface area (Å²) in [6.45, 7) is 0.196. The number of rotatable bonds is 2. The number of primary amides is 1. The van der Waals surface area contributed by atoms with E-state index in [2.05, 4.69) is 5.32 Å². The van der Waals surface area contributed by atoms with E-state index in [4.69, 9.17) is 17.3 Å². The smallest absolute Gasteiger partial charge is 0.309 e.